The fourth-order valence-corrected chi connectivity index (χ4v) is 2.90. The minimum Gasteiger partial charge on any atom is -0.465 e. The molecular formula is C16H15N5O2. The molecule has 0 saturated heterocycles. The Morgan fingerprint density at radius 1 is 1.26 bits per heavy atom. The largest absolute Gasteiger partial charge is 0.465 e. The molecule has 4 rings (SSSR count). The van der Waals surface area contributed by atoms with Crippen LogP contribution in [-0.2, 0) is 13.0 Å². The molecule has 0 aliphatic carbocycles. The molecule has 0 bridgehead atoms. The maximum Gasteiger partial charge on any atom is 0.407 e. The molecule has 0 fully saturated rings. The SMILES string of the molecule is O=C(O)N1CCc2ccc(Nc3ncnn4cccc34)cc2C1. The highest BCUT2D eigenvalue weighted by Crippen LogP contribution is 2.25. The Morgan fingerprint density at radius 2 is 2.17 bits per heavy atom. The molecule has 1 aliphatic heterocycles. The molecule has 1 amide bonds. The third kappa shape index (κ3) is 2.46. The lowest BCUT2D eigenvalue weighted by molar-refractivity contribution is 0.140. The quantitative estimate of drug-likeness (QED) is 0.760. The van der Waals surface area contributed by atoms with Gasteiger partial charge < -0.3 is 15.3 Å². The van der Waals surface area contributed by atoms with E-state index in [0.717, 1.165) is 29.0 Å². The van der Waals surface area contributed by atoms with Crippen molar-refractivity contribution in [2.45, 2.75) is 13.0 Å². The molecule has 7 heteroatoms. The Morgan fingerprint density at radius 3 is 3.04 bits per heavy atom. The number of anilines is 2. The van der Waals surface area contributed by atoms with Crippen molar-refractivity contribution in [1.82, 2.24) is 19.5 Å². The topological polar surface area (TPSA) is 82.8 Å². The van der Waals surface area contributed by atoms with Crippen LogP contribution in [0.1, 0.15) is 11.1 Å². The third-order valence-electron chi connectivity index (χ3n) is 4.09. The minimum atomic E-state index is -0.875. The number of rotatable bonds is 2. The van der Waals surface area contributed by atoms with Crippen LogP contribution in [0, 0.1) is 0 Å². The fraction of sp³-hybridized carbons (Fsp3) is 0.188. The Bertz CT molecular complexity index is 889. The summed E-state index contributed by atoms with van der Waals surface area (Å²) in [6.07, 6.45) is 3.23. The van der Waals surface area contributed by atoms with Crippen molar-refractivity contribution >= 4 is 23.1 Å². The van der Waals surface area contributed by atoms with E-state index in [1.54, 1.807) is 4.52 Å². The van der Waals surface area contributed by atoms with E-state index in [2.05, 4.69) is 15.4 Å². The molecule has 116 valence electrons. The molecule has 0 atom stereocenters. The highest BCUT2D eigenvalue weighted by Gasteiger charge is 2.20. The molecule has 0 unspecified atom stereocenters. The van der Waals surface area contributed by atoms with Gasteiger partial charge in [-0.15, -0.1) is 0 Å². The van der Waals surface area contributed by atoms with Gasteiger partial charge in [-0.1, -0.05) is 6.07 Å². The third-order valence-corrected chi connectivity index (χ3v) is 4.09. The first-order chi connectivity index (χ1) is 11.2. The van der Waals surface area contributed by atoms with Crippen LogP contribution in [0.4, 0.5) is 16.3 Å². The van der Waals surface area contributed by atoms with Crippen molar-refractivity contribution in [3.63, 3.8) is 0 Å². The average Bonchev–Trinajstić information content (AvgIpc) is 3.04. The van der Waals surface area contributed by atoms with E-state index in [1.807, 2.05) is 36.5 Å². The zero-order valence-corrected chi connectivity index (χ0v) is 12.3. The summed E-state index contributed by atoms with van der Waals surface area (Å²) in [5.41, 5.74) is 4.00. The summed E-state index contributed by atoms with van der Waals surface area (Å²) in [5, 5.41) is 16.6. The van der Waals surface area contributed by atoms with Crippen molar-refractivity contribution in [3.05, 3.63) is 54.0 Å². The zero-order valence-electron chi connectivity index (χ0n) is 12.3. The highest BCUT2D eigenvalue weighted by atomic mass is 16.4. The van der Waals surface area contributed by atoms with Gasteiger partial charge in [-0.2, -0.15) is 5.10 Å². The standard InChI is InChI=1S/C16H15N5O2/c22-16(23)20-7-5-11-3-4-13(8-12(11)9-20)19-15-14-2-1-6-21(14)18-10-17-15/h1-4,6,8,10H,5,7,9H2,(H,22,23)(H,17,18,19). The fourth-order valence-electron chi connectivity index (χ4n) is 2.90. The van der Waals surface area contributed by atoms with Crippen LogP contribution in [-0.4, -0.2) is 37.2 Å². The van der Waals surface area contributed by atoms with E-state index in [-0.39, 0.29) is 0 Å². The first kappa shape index (κ1) is 13.6. The summed E-state index contributed by atoms with van der Waals surface area (Å²) in [7, 11) is 0. The smallest absolute Gasteiger partial charge is 0.407 e. The molecule has 2 N–H and O–H groups in total. The number of nitrogens with zero attached hydrogens (tertiary/aromatic N) is 4. The van der Waals surface area contributed by atoms with Gasteiger partial charge in [-0.3, -0.25) is 0 Å². The van der Waals surface area contributed by atoms with Crippen LogP contribution in [0.15, 0.2) is 42.9 Å². The maximum absolute atomic E-state index is 11.1. The lowest BCUT2D eigenvalue weighted by Crippen LogP contribution is -2.34. The predicted octanol–water partition coefficient (Wildman–Crippen LogP) is 2.51. The summed E-state index contributed by atoms with van der Waals surface area (Å²) in [5.74, 6) is 0.718. The molecule has 0 saturated carbocycles. The predicted molar refractivity (Wildman–Crippen MR) is 84.9 cm³/mol. The molecular weight excluding hydrogens is 294 g/mol. The van der Waals surface area contributed by atoms with Gasteiger partial charge in [0.1, 0.15) is 11.8 Å². The van der Waals surface area contributed by atoms with Crippen molar-refractivity contribution in [2.24, 2.45) is 0 Å². The molecule has 1 aliphatic rings. The number of fused-ring (bicyclic) bond motifs is 2. The van der Waals surface area contributed by atoms with Gasteiger partial charge in [0.2, 0.25) is 0 Å². The van der Waals surface area contributed by atoms with E-state index in [9.17, 15) is 4.79 Å². The van der Waals surface area contributed by atoms with Gasteiger partial charge >= 0.3 is 6.09 Å². The summed E-state index contributed by atoms with van der Waals surface area (Å²) in [4.78, 5) is 16.9. The molecule has 3 heterocycles. The van der Waals surface area contributed by atoms with E-state index in [1.165, 1.54) is 16.8 Å². The second-order valence-corrected chi connectivity index (χ2v) is 5.51. The number of carboxylic acid groups (broad SMARTS) is 1. The van der Waals surface area contributed by atoms with Gasteiger partial charge in [0.05, 0.1) is 0 Å². The van der Waals surface area contributed by atoms with Crippen molar-refractivity contribution < 1.29 is 9.90 Å². The molecule has 0 spiro atoms. The Labute approximate surface area is 132 Å². The van der Waals surface area contributed by atoms with Gasteiger partial charge in [-0.25, -0.2) is 14.3 Å². The zero-order chi connectivity index (χ0) is 15.8. The summed E-state index contributed by atoms with van der Waals surface area (Å²) in [6.45, 7) is 0.969. The number of nitrogens with one attached hydrogen (secondary N) is 1. The van der Waals surface area contributed by atoms with Gasteiger partial charge in [-0.05, 0) is 41.8 Å². The Balaban J connectivity index is 1.64. The van der Waals surface area contributed by atoms with Crippen LogP contribution in [0.3, 0.4) is 0 Å². The van der Waals surface area contributed by atoms with Crippen LogP contribution < -0.4 is 5.32 Å². The van der Waals surface area contributed by atoms with E-state index in [0.29, 0.717) is 13.1 Å². The second-order valence-electron chi connectivity index (χ2n) is 5.51. The molecule has 1 aromatic carbocycles. The second kappa shape index (κ2) is 5.28. The lowest BCUT2D eigenvalue weighted by atomic mass is 9.99. The highest BCUT2D eigenvalue weighted by molar-refractivity contribution is 5.73. The molecule has 7 nitrogen and oxygen atoms in total. The summed E-state index contributed by atoms with van der Waals surface area (Å²) >= 11 is 0. The number of carbonyl (C=O) groups is 1. The Hall–Kier alpha value is -3.09. The van der Waals surface area contributed by atoms with E-state index < -0.39 is 6.09 Å². The monoisotopic (exact) mass is 309 g/mol. The average molecular weight is 309 g/mol. The lowest BCUT2D eigenvalue weighted by Gasteiger charge is -2.26. The van der Waals surface area contributed by atoms with Crippen molar-refractivity contribution in [2.75, 3.05) is 11.9 Å². The van der Waals surface area contributed by atoms with Crippen molar-refractivity contribution in [3.8, 4) is 0 Å². The number of hydrogen-bond donors (Lipinski definition) is 2. The van der Waals surface area contributed by atoms with Gasteiger partial charge in [0.15, 0.2) is 5.82 Å². The normalized spacial score (nSPS) is 13.8. The Kier molecular flexibility index (Phi) is 3.11. The number of amides is 1. The summed E-state index contributed by atoms with van der Waals surface area (Å²) < 4.78 is 1.75. The number of benzene rings is 1. The minimum absolute atomic E-state index is 0.421. The molecule has 3 aromatic rings. The van der Waals surface area contributed by atoms with Crippen LogP contribution in [0.25, 0.3) is 5.52 Å². The molecule has 23 heavy (non-hydrogen) atoms. The van der Waals surface area contributed by atoms with E-state index >= 15 is 0 Å². The summed E-state index contributed by atoms with van der Waals surface area (Å²) in [6, 6.07) is 9.88. The van der Waals surface area contributed by atoms with Gasteiger partial charge in [0.25, 0.3) is 0 Å². The van der Waals surface area contributed by atoms with Gasteiger partial charge in [0, 0.05) is 25.0 Å². The van der Waals surface area contributed by atoms with Crippen LogP contribution >= 0.6 is 0 Å². The van der Waals surface area contributed by atoms with Crippen LogP contribution in [0.2, 0.25) is 0 Å². The maximum atomic E-state index is 11.1. The first-order valence-corrected chi connectivity index (χ1v) is 7.36. The first-order valence-electron chi connectivity index (χ1n) is 7.36. The molecule has 2 aromatic heterocycles. The number of hydrogen-bond acceptors (Lipinski definition) is 4. The molecule has 0 radical (unpaired) electrons. The van der Waals surface area contributed by atoms with E-state index in [4.69, 9.17) is 5.11 Å². The van der Waals surface area contributed by atoms with Crippen molar-refractivity contribution in [1.29, 1.82) is 0 Å². The van der Waals surface area contributed by atoms with Crippen LogP contribution in [0.5, 0.6) is 0 Å². The number of aromatic nitrogens is 3.